The number of carbonyl (C=O) groups is 2. The summed E-state index contributed by atoms with van der Waals surface area (Å²) in [5.74, 6) is -0.671. The van der Waals surface area contributed by atoms with Gasteiger partial charge in [-0.1, -0.05) is 48.3 Å². The topological polar surface area (TPSA) is 96.0 Å². The smallest absolute Gasteiger partial charge is 0.264 e. The summed E-state index contributed by atoms with van der Waals surface area (Å²) in [4.78, 5) is 29.7. The molecule has 43 heavy (non-hydrogen) atoms. The van der Waals surface area contributed by atoms with Crippen molar-refractivity contribution in [3.8, 4) is 5.75 Å². The molecule has 12 heteroatoms. The lowest BCUT2D eigenvalue weighted by atomic mass is 10.1. The molecule has 3 aromatic carbocycles. The van der Waals surface area contributed by atoms with Crippen LogP contribution >= 0.6 is 35.0 Å². The van der Waals surface area contributed by atoms with Gasteiger partial charge in [-0.2, -0.15) is 0 Å². The Balaban J connectivity index is 2.10. The third-order valence-electron chi connectivity index (χ3n) is 6.88. The second-order valence-corrected chi connectivity index (χ2v) is 13.4. The number of nitrogens with zero attached hydrogens (tertiary/aromatic N) is 2. The minimum absolute atomic E-state index is 0.0132. The van der Waals surface area contributed by atoms with Crippen LogP contribution in [-0.4, -0.2) is 56.6 Å². The Hall–Kier alpha value is -2.92. The van der Waals surface area contributed by atoms with E-state index in [4.69, 9.17) is 27.9 Å². The Morgan fingerprint density at radius 1 is 1.00 bits per heavy atom. The van der Waals surface area contributed by atoms with Crippen LogP contribution in [0.5, 0.6) is 5.75 Å². The van der Waals surface area contributed by atoms with Gasteiger partial charge in [-0.05, 0) is 87.5 Å². The number of anilines is 1. The average Bonchev–Trinajstić information content (AvgIpc) is 2.99. The number of para-hydroxylation sites is 2. The molecule has 0 heterocycles. The number of carbonyl (C=O) groups excluding carboxylic acids is 2. The first-order valence-electron chi connectivity index (χ1n) is 13.8. The Labute approximate surface area is 268 Å². The van der Waals surface area contributed by atoms with Crippen LogP contribution in [0.2, 0.25) is 10.0 Å². The predicted octanol–water partition coefficient (Wildman–Crippen LogP) is 6.64. The molecule has 8 nitrogen and oxygen atoms in total. The second kappa shape index (κ2) is 15.7. The number of halogens is 2. The fourth-order valence-electron chi connectivity index (χ4n) is 4.21. The summed E-state index contributed by atoms with van der Waals surface area (Å²) >= 11 is 14.0. The number of hydrogen-bond acceptors (Lipinski definition) is 6. The molecule has 232 valence electrons. The van der Waals surface area contributed by atoms with E-state index < -0.39 is 28.5 Å². The molecule has 0 aliphatic carbocycles. The molecule has 0 unspecified atom stereocenters. The standard InChI is InChI=1S/C31H37Cl2N3O5S2/c1-6-21(3)34-31(38)22(4)35(19-23-12-13-24(32)18-27(23)33)30(37)20-36(28-10-8-9-11-29(28)41-7-2)43(39,40)26-16-14-25(42-5)15-17-26/h8-18,21-22H,6-7,19-20H2,1-5H3,(H,34,38)/t21-,22+/m0/s1. The van der Waals surface area contributed by atoms with Gasteiger partial charge in [-0.15, -0.1) is 11.8 Å². The largest absolute Gasteiger partial charge is 0.492 e. The van der Waals surface area contributed by atoms with Gasteiger partial charge in [-0.25, -0.2) is 8.42 Å². The fourth-order valence-corrected chi connectivity index (χ4v) is 6.51. The first-order valence-corrected chi connectivity index (χ1v) is 17.3. The molecule has 0 saturated heterocycles. The van der Waals surface area contributed by atoms with E-state index in [0.717, 1.165) is 9.20 Å². The van der Waals surface area contributed by atoms with Gasteiger partial charge in [0.05, 0.1) is 17.2 Å². The molecule has 0 aliphatic heterocycles. The third kappa shape index (κ3) is 8.81. The highest BCUT2D eigenvalue weighted by Crippen LogP contribution is 2.33. The van der Waals surface area contributed by atoms with Gasteiger partial charge >= 0.3 is 0 Å². The van der Waals surface area contributed by atoms with Crippen LogP contribution < -0.4 is 14.4 Å². The zero-order chi connectivity index (χ0) is 31.7. The Morgan fingerprint density at radius 3 is 2.28 bits per heavy atom. The maximum Gasteiger partial charge on any atom is 0.264 e. The van der Waals surface area contributed by atoms with Crippen LogP contribution in [-0.2, 0) is 26.2 Å². The van der Waals surface area contributed by atoms with Crippen molar-refractivity contribution in [1.29, 1.82) is 0 Å². The van der Waals surface area contributed by atoms with Gasteiger partial charge < -0.3 is 15.0 Å². The molecule has 0 radical (unpaired) electrons. The molecule has 0 bridgehead atoms. The monoisotopic (exact) mass is 665 g/mol. The molecule has 0 aliphatic rings. The summed E-state index contributed by atoms with van der Waals surface area (Å²) in [5.41, 5.74) is 0.757. The van der Waals surface area contributed by atoms with Crippen molar-refractivity contribution in [2.45, 2.75) is 62.5 Å². The minimum atomic E-state index is -4.25. The molecule has 0 fully saturated rings. The normalized spacial score (nSPS) is 12.7. The lowest BCUT2D eigenvalue weighted by Gasteiger charge is -2.33. The molecular formula is C31H37Cl2N3O5S2. The molecule has 3 rings (SSSR count). The van der Waals surface area contributed by atoms with Crippen molar-refractivity contribution >= 4 is 62.5 Å². The lowest BCUT2D eigenvalue weighted by molar-refractivity contribution is -0.139. The maximum atomic E-state index is 14.2. The SMILES string of the molecule is CCOc1ccccc1N(CC(=O)N(Cc1ccc(Cl)cc1Cl)[C@H](C)C(=O)N[C@@H](C)CC)S(=O)(=O)c1ccc(SC)cc1. The van der Waals surface area contributed by atoms with E-state index in [9.17, 15) is 18.0 Å². The molecule has 0 saturated carbocycles. The quantitative estimate of drug-likeness (QED) is 0.194. The van der Waals surface area contributed by atoms with E-state index in [0.29, 0.717) is 27.8 Å². The van der Waals surface area contributed by atoms with E-state index in [1.807, 2.05) is 20.1 Å². The van der Waals surface area contributed by atoms with Crippen LogP contribution in [0.3, 0.4) is 0 Å². The van der Waals surface area contributed by atoms with Crippen molar-refractivity contribution < 1.29 is 22.7 Å². The van der Waals surface area contributed by atoms with Gasteiger partial charge in [-0.3, -0.25) is 13.9 Å². The zero-order valence-corrected chi connectivity index (χ0v) is 28.0. The van der Waals surface area contributed by atoms with Crippen molar-refractivity contribution in [3.63, 3.8) is 0 Å². The summed E-state index contributed by atoms with van der Waals surface area (Å²) in [6.45, 7) is 6.85. The van der Waals surface area contributed by atoms with E-state index >= 15 is 0 Å². The van der Waals surface area contributed by atoms with Crippen LogP contribution in [0.4, 0.5) is 5.69 Å². The number of benzene rings is 3. The van der Waals surface area contributed by atoms with Crippen LogP contribution in [0.1, 0.15) is 39.7 Å². The van der Waals surface area contributed by atoms with Crippen molar-refractivity contribution in [2.24, 2.45) is 0 Å². The fraction of sp³-hybridized carbons (Fsp3) is 0.355. The van der Waals surface area contributed by atoms with Gasteiger partial charge in [0.2, 0.25) is 11.8 Å². The number of rotatable bonds is 14. The molecule has 2 atom stereocenters. The summed E-state index contributed by atoms with van der Waals surface area (Å²) in [7, 11) is -4.25. The number of ether oxygens (including phenoxy) is 1. The van der Waals surface area contributed by atoms with E-state index in [-0.39, 0.29) is 35.7 Å². The van der Waals surface area contributed by atoms with Crippen LogP contribution in [0.15, 0.2) is 76.5 Å². The third-order valence-corrected chi connectivity index (χ3v) is 9.99. The van der Waals surface area contributed by atoms with Crippen molar-refractivity contribution in [2.75, 3.05) is 23.7 Å². The second-order valence-electron chi connectivity index (χ2n) is 9.84. The average molecular weight is 667 g/mol. The van der Waals surface area contributed by atoms with E-state index in [2.05, 4.69) is 5.32 Å². The molecule has 1 N–H and O–H groups in total. The lowest BCUT2D eigenvalue weighted by Crippen LogP contribution is -2.52. The molecule has 0 aromatic heterocycles. The van der Waals surface area contributed by atoms with E-state index in [1.165, 1.54) is 28.8 Å². The van der Waals surface area contributed by atoms with Gasteiger partial charge in [0.1, 0.15) is 18.3 Å². The predicted molar refractivity (Wildman–Crippen MR) is 175 cm³/mol. The van der Waals surface area contributed by atoms with E-state index in [1.54, 1.807) is 68.4 Å². The first-order chi connectivity index (χ1) is 20.4. The Kier molecular flexibility index (Phi) is 12.6. The Morgan fingerprint density at radius 2 is 1.67 bits per heavy atom. The number of hydrogen-bond donors (Lipinski definition) is 1. The number of nitrogens with one attached hydrogen (secondary N) is 1. The van der Waals surface area contributed by atoms with Crippen LogP contribution in [0, 0.1) is 0 Å². The molecule has 0 spiro atoms. The highest BCUT2D eigenvalue weighted by molar-refractivity contribution is 7.98. The maximum absolute atomic E-state index is 14.2. The highest BCUT2D eigenvalue weighted by atomic mass is 35.5. The molecule has 2 amide bonds. The highest BCUT2D eigenvalue weighted by Gasteiger charge is 2.34. The number of amides is 2. The first kappa shape index (κ1) is 34.6. The Bertz CT molecular complexity index is 1520. The summed E-state index contributed by atoms with van der Waals surface area (Å²) in [5, 5.41) is 3.65. The van der Waals surface area contributed by atoms with Crippen LogP contribution in [0.25, 0.3) is 0 Å². The molecular weight excluding hydrogens is 629 g/mol. The summed E-state index contributed by atoms with van der Waals surface area (Å²) in [6.07, 6.45) is 2.60. The number of thioether (sulfide) groups is 1. The van der Waals surface area contributed by atoms with Gasteiger partial charge in [0.15, 0.2) is 0 Å². The minimum Gasteiger partial charge on any atom is -0.492 e. The molecule has 3 aromatic rings. The summed E-state index contributed by atoms with van der Waals surface area (Å²) in [6, 6.07) is 16.9. The summed E-state index contributed by atoms with van der Waals surface area (Å²) < 4.78 is 35.1. The number of sulfonamides is 1. The van der Waals surface area contributed by atoms with Gasteiger partial charge in [0.25, 0.3) is 10.0 Å². The van der Waals surface area contributed by atoms with Crippen molar-refractivity contribution in [1.82, 2.24) is 10.2 Å². The van der Waals surface area contributed by atoms with Gasteiger partial charge in [0, 0.05) is 27.5 Å². The van der Waals surface area contributed by atoms with Crippen molar-refractivity contribution in [3.05, 3.63) is 82.3 Å². The zero-order valence-electron chi connectivity index (χ0n) is 24.8.